The summed E-state index contributed by atoms with van der Waals surface area (Å²) in [5.74, 6) is 2.43. The first-order valence-electron chi connectivity index (χ1n) is 10.6. The second-order valence-corrected chi connectivity index (χ2v) is 7.49. The van der Waals surface area contributed by atoms with Crippen molar-refractivity contribution in [3.63, 3.8) is 0 Å². The van der Waals surface area contributed by atoms with Crippen LogP contribution in [-0.2, 0) is 6.61 Å². The number of nitrogens with zero attached hydrogens (tertiary/aromatic N) is 2. The molecule has 7 heteroatoms. The first-order chi connectivity index (χ1) is 16.6. The predicted octanol–water partition coefficient (Wildman–Crippen LogP) is 5.54. The summed E-state index contributed by atoms with van der Waals surface area (Å²) in [6, 6.07) is 20.2. The van der Waals surface area contributed by atoms with Gasteiger partial charge in [0, 0.05) is 11.1 Å². The normalized spacial score (nSPS) is 10.9. The Balaban J connectivity index is 1.40. The van der Waals surface area contributed by atoms with Crippen LogP contribution in [0.5, 0.6) is 17.2 Å². The van der Waals surface area contributed by atoms with Gasteiger partial charge >= 0.3 is 0 Å². The van der Waals surface area contributed by atoms with Gasteiger partial charge in [-0.25, -0.2) is 0 Å². The molecule has 0 spiro atoms. The molecule has 3 aromatic carbocycles. The lowest BCUT2D eigenvalue weighted by Gasteiger charge is -2.10. The summed E-state index contributed by atoms with van der Waals surface area (Å²) in [5.41, 5.74) is 3.38. The highest BCUT2D eigenvalue weighted by Gasteiger charge is 2.11. The topological polar surface area (TPSA) is 83.7 Å². The van der Waals surface area contributed by atoms with E-state index in [0.717, 1.165) is 16.7 Å². The zero-order valence-corrected chi connectivity index (χ0v) is 19.1. The van der Waals surface area contributed by atoms with Gasteiger partial charge in [-0.3, -0.25) is 4.79 Å². The first kappa shape index (κ1) is 22.8. The molecule has 7 nitrogen and oxygen atoms in total. The molecule has 0 amide bonds. The van der Waals surface area contributed by atoms with Crippen molar-refractivity contribution in [3.8, 4) is 28.7 Å². The zero-order chi connectivity index (χ0) is 23.9. The molecule has 0 atom stereocenters. The van der Waals surface area contributed by atoms with Crippen LogP contribution in [0.15, 0.2) is 77.2 Å². The van der Waals surface area contributed by atoms with Gasteiger partial charge in [-0.1, -0.05) is 29.8 Å². The van der Waals surface area contributed by atoms with Crippen LogP contribution in [0.3, 0.4) is 0 Å². The van der Waals surface area contributed by atoms with Crippen LogP contribution in [0, 0.1) is 6.92 Å². The lowest BCUT2D eigenvalue weighted by atomic mass is 10.1. The average Bonchev–Trinajstić information content (AvgIpc) is 3.35. The van der Waals surface area contributed by atoms with E-state index in [1.807, 2.05) is 37.3 Å². The lowest BCUT2D eigenvalue weighted by molar-refractivity contribution is 0.104. The van der Waals surface area contributed by atoms with Crippen molar-refractivity contribution in [1.29, 1.82) is 0 Å². The number of hydrogen-bond acceptors (Lipinski definition) is 7. The van der Waals surface area contributed by atoms with E-state index in [1.165, 1.54) is 6.08 Å². The molecule has 0 fully saturated rings. The van der Waals surface area contributed by atoms with Crippen LogP contribution in [0.25, 0.3) is 17.5 Å². The molecule has 0 saturated carbocycles. The van der Waals surface area contributed by atoms with Crippen LogP contribution in [0.2, 0.25) is 0 Å². The summed E-state index contributed by atoms with van der Waals surface area (Å²) >= 11 is 0. The molecule has 0 aliphatic heterocycles. The number of ether oxygens (including phenoxy) is 3. The highest BCUT2D eigenvalue weighted by molar-refractivity contribution is 6.06. The van der Waals surface area contributed by atoms with Crippen LogP contribution < -0.4 is 14.2 Å². The van der Waals surface area contributed by atoms with Crippen molar-refractivity contribution in [3.05, 3.63) is 95.4 Å². The number of ketones is 1. The number of hydrogen-bond donors (Lipinski definition) is 0. The quantitative estimate of drug-likeness (QED) is 0.242. The summed E-state index contributed by atoms with van der Waals surface area (Å²) in [6.45, 7) is 2.12. The highest BCUT2D eigenvalue weighted by Crippen LogP contribution is 2.29. The third-order valence-electron chi connectivity index (χ3n) is 5.11. The van der Waals surface area contributed by atoms with Gasteiger partial charge in [-0.15, -0.1) is 10.2 Å². The van der Waals surface area contributed by atoms with Crippen molar-refractivity contribution < 1.29 is 23.4 Å². The molecular weight excluding hydrogens is 432 g/mol. The molecule has 0 bridgehead atoms. The smallest absolute Gasteiger partial charge is 0.254 e. The minimum atomic E-state index is -0.109. The minimum absolute atomic E-state index is 0.0976. The molecule has 4 rings (SSSR count). The molecule has 0 aliphatic rings. The molecular formula is C27H24N2O5. The van der Waals surface area contributed by atoms with Crippen molar-refractivity contribution >= 4 is 11.9 Å². The van der Waals surface area contributed by atoms with E-state index < -0.39 is 0 Å². The Kier molecular flexibility index (Phi) is 7.03. The highest BCUT2D eigenvalue weighted by atomic mass is 16.5. The Hall–Kier alpha value is -4.39. The molecule has 172 valence electrons. The summed E-state index contributed by atoms with van der Waals surface area (Å²) in [7, 11) is 3.14. The fourth-order valence-electron chi connectivity index (χ4n) is 3.19. The van der Waals surface area contributed by atoms with E-state index in [-0.39, 0.29) is 12.4 Å². The summed E-state index contributed by atoms with van der Waals surface area (Å²) in [6.07, 6.45) is 3.24. The molecule has 0 saturated heterocycles. The van der Waals surface area contributed by atoms with Crippen LogP contribution >= 0.6 is 0 Å². The SMILES string of the molecule is COc1ccc(C(=O)/C=C/c2ccc(OCc3nnc(-c4ccc(C)cc4)o3)c(OC)c2)cc1. The lowest BCUT2D eigenvalue weighted by Crippen LogP contribution is -1.98. The average molecular weight is 456 g/mol. The van der Waals surface area contributed by atoms with E-state index in [9.17, 15) is 4.79 Å². The standard InChI is InChI=1S/C27H24N2O5/c1-18-4-8-21(9-5-18)27-29-28-26(34-27)17-33-24-15-7-19(16-25(24)32-3)6-14-23(30)20-10-12-22(31-2)13-11-20/h4-16H,17H2,1-3H3/b14-6+. The van der Waals surface area contributed by atoms with Crippen molar-refractivity contribution in [2.45, 2.75) is 13.5 Å². The van der Waals surface area contributed by atoms with Gasteiger partial charge in [-0.05, 0) is 67.1 Å². The molecule has 0 unspecified atom stereocenters. The van der Waals surface area contributed by atoms with Crippen LogP contribution in [0.1, 0.15) is 27.4 Å². The Morgan fingerprint density at radius 2 is 1.68 bits per heavy atom. The van der Waals surface area contributed by atoms with Crippen molar-refractivity contribution in [2.75, 3.05) is 14.2 Å². The second kappa shape index (κ2) is 10.5. The van der Waals surface area contributed by atoms with Crippen LogP contribution in [-0.4, -0.2) is 30.2 Å². The zero-order valence-electron chi connectivity index (χ0n) is 19.1. The number of allylic oxidation sites excluding steroid dienone is 1. The molecule has 34 heavy (non-hydrogen) atoms. The van der Waals surface area contributed by atoms with Gasteiger partial charge < -0.3 is 18.6 Å². The van der Waals surface area contributed by atoms with Crippen LogP contribution in [0.4, 0.5) is 0 Å². The monoisotopic (exact) mass is 456 g/mol. The number of benzene rings is 3. The maximum absolute atomic E-state index is 12.4. The maximum atomic E-state index is 12.4. The molecule has 1 aromatic heterocycles. The van der Waals surface area contributed by atoms with Gasteiger partial charge in [0.15, 0.2) is 23.9 Å². The van der Waals surface area contributed by atoms with Gasteiger partial charge in [-0.2, -0.15) is 0 Å². The number of aromatic nitrogens is 2. The van der Waals surface area contributed by atoms with E-state index in [4.69, 9.17) is 18.6 Å². The van der Waals surface area contributed by atoms with Gasteiger partial charge in [0.1, 0.15) is 5.75 Å². The largest absolute Gasteiger partial charge is 0.497 e. The third kappa shape index (κ3) is 5.50. The summed E-state index contributed by atoms with van der Waals surface area (Å²) in [4.78, 5) is 12.4. The molecule has 0 radical (unpaired) electrons. The fraction of sp³-hybridized carbons (Fsp3) is 0.148. The summed E-state index contributed by atoms with van der Waals surface area (Å²) < 4.78 is 22.1. The van der Waals surface area contributed by atoms with Gasteiger partial charge in [0.2, 0.25) is 5.89 Å². The Morgan fingerprint density at radius 1 is 0.912 bits per heavy atom. The number of carbonyl (C=O) groups excluding carboxylic acids is 1. The maximum Gasteiger partial charge on any atom is 0.254 e. The number of carbonyl (C=O) groups is 1. The van der Waals surface area contributed by atoms with Crippen molar-refractivity contribution in [1.82, 2.24) is 10.2 Å². The van der Waals surface area contributed by atoms with Gasteiger partial charge in [0.25, 0.3) is 5.89 Å². The van der Waals surface area contributed by atoms with Gasteiger partial charge in [0.05, 0.1) is 14.2 Å². The number of methoxy groups -OCH3 is 2. The molecule has 0 aliphatic carbocycles. The first-order valence-corrected chi connectivity index (χ1v) is 10.6. The number of rotatable bonds is 9. The second-order valence-electron chi connectivity index (χ2n) is 7.49. The van der Waals surface area contributed by atoms with E-state index in [0.29, 0.717) is 34.6 Å². The fourth-order valence-corrected chi connectivity index (χ4v) is 3.19. The van der Waals surface area contributed by atoms with Crippen molar-refractivity contribution in [2.24, 2.45) is 0 Å². The Labute approximate surface area is 197 Å². The third-order valence-corrected chi connectivity index (χ3v) is 5.11. The number of aryl methyl sites for hydroxylation is 1. The van der Waals surface area contributed by atoms with E-state index >= 15 is 0 Å². The summed E-state index contributed by atoms with van der Waals surface area (Å²) in [5, 5.41) is 8.14. The van der Waals surface area contributed by atoms with E-state index in [2.05, 4.69) is 10.2 Å². The Morgan fingerprint density at radius 3 is 2.38 bits per heavy atom. The Bertz CT molecular complexity index is 1290. The molecule has 1 heterocycles. The minimum Gasteiger partial charge on any atom is -0.497 e. The molecule has 0 N–H and O–H groups in total. The molecule has 4 aromatic rings. The van der Waals surface area contributed by atoms with E-state index in [1.54, 1.807) is 56.7 Å². The predicted molar refractivity (Wildman–Crippen MR) is 128 cm³/mol.